The van der Waals surface area contributed by atoms with Crippen LogP contribution in [0.1, 0.15) is 38.3 Å². The molecule has 0 unspecified atom stereocenters. The highest BCUT2D eigenvalue weighted by atomic mass is 32.2. The second-order valence-corrected chi connectivity index (χ2v) is 6.99. The van der Waals surface area contributed by atoms with Gasteiger partial charge in [0.15, 0.2) is 0 Å². The van der Waals surface area contributed by atoms with E-state index in [-0.39, 0.29) is 11.8 Å². The van der Waals surface area contributed by atoms with Crippen molar-refractivity contribution in [3.8, 4) is 0 Å². The molecule has 2 aromatic carbocycles. The van der Waals surface area contributed by atoms with Gasteiger partial charge in [-0.2, -0.15) is 0 Å². The largest absolute Gasteiger partial charge is 0.212 e. The van der Waals surface area contributed by atoms with Gasteiger partial charge in [0.1, 0.15) is 0 Å². The van der Waals surface area contributed by atoms with Gasteiger partial charge in [-0.15, -0.1) is 0 Å². The monoisotopic (exact) mass is 291 g/mol. The van der Waals surface area contributed by atoms with Crippen molar-refractivity contribution in [3.63, 3.8) is 0 Å². The maximum Gasteiger partial charge on any atom is 0.212 e. The van der Waals surface area contributed by atoms with E-state index in [1.807, 2.05) is 50.2 Å². The number of sulfonamides is 1. The highest BCUT2D eigenvalue weighted by Gasteiger charge is 2.15. The molecule has 0 aliphatic rings. The zero-order chi connectivity index (χ0) is 14.6. The molecule has 0 amide bonds. The molecule has 3 nitrogen and oxygen atoms in total. The summed E-state index contributed by atoms with van der Waals surface area (Å²) in [6.45, 7) is 3.87. The molecule has 0 aliphatic heterocycles. The van der Waals surface area contributed by atoms with Crippen LogP contribution in [0.2, 0.25) is 0 Å². The summed E-state index contributed by atoms with van der Waals surface area (Å²) in [6, 6.07) is 13.9. The van der Waals surface area contributed by atoms with E-state index in [2.05, 4.69) is 10.8 Å². The van der Waals surface area contributed by atoms with E-state index < -0.39 is 10.0 Å². The van der Waals surface area contributed by atoms with E-state index in [0.29, 0.717) is 6.42 Å². The van der Waals surface area contributed by atoms with Gasteiger partial charge in [-0.25, -0.2) is 13.1 Å². The van der Waals surface area contributed by atoms with Gasteiger partial charge in [0, 0.05) is 6.04 Å². The third kappa shape index (κ3) is 3.81. The molecule has 2 rings (SSSR count). The minimum absolute atomic E-state index is 0.196. The first kappa shape index (κ1) is 15.0. The van der Waals surface area contributed by atoms with Crippen molar-refractivity contribution in [3.05, 3.63) is 48.0 Å². The number of unbranched alkanes of at least 4 members (excludes halogenated alkanes) is 1. The van der Waals surface area contributed by atoms with Crippen LogP contribution in [0.25, 0.3) is 10.8 Å². The zero-order valence-corrected chi connectivity index (χ0v) is 12.8. The van der Waals surface area contributed by atoms with Crippen molar-refractivity contribution in [1.29, 1.82) is 0 Å². The first-order chi connectivity index (χ1) is 9.52. The average molecular weight is 291 g/mol. The highest BCUT2D eigenvalue weighted by Crippen LogP contribution is 2.20. The lowest BCUT2D eigenvalue weighted by atomic mass is 10.0. The van der Waals surface area contributed by atoms with E-state index in [4.69, 9.17) is 0 Å². The Bertz CT molecular complexity index is 680. The number of rotatable bonds is 6. The molecule has 1 N–H and O–H groups in total. The maximum atomic E-state index is 11.9. The van der Waals surface area contributed by atoms with Crippen LogP contribution in [-0.4, -0.2) is 14.2 Å². The van der Waals surface area contributed by atoms with E-state index in [1.165, 1.54) is 0 Å². The van der Waals surface area contributed by atoms with Crippen LogP contribution < -0.4 is 4.72 Å². The topological polar surface area (TPSA) is 46.2 Å². The summed E-state index contributed by atoms with van der Waals surface area (Å²) in [6.07, 6.45) is 1.57. The lowest BCUT2D eigenvalue weighted by molar-refractivity contribution is 0.564. The molecule has 0 aliphatic carbocycles. The fraction of sp³-hybridized carbons (Fsp3) is 0.375. The van der Waals surface area contributed by atoms with Gasteiger partial charge in [-0.1, -0.05) is 49.7 Å². The van der Waals surface area contributed by atoms with E-state index in [9.17, 15) is 8.42 Å². The fourth-order valence-electron chi connectivity index (χ4n) is 2.21. The number of hydrogen-bond acceptors (Lipinski definition) is 2. The summed E-state index contributed by atoms with van der Waals surface area (Å²) in [5.41, 5.74) is 0.990. The number of fused-ring (bicyclic) bond motifs is 1. The van der Waals surface area contributed by atoms with Crippen LogP contribution >= 0.6 is 0 Å². The first-order valence-corrected chi connectivity index (χ1v) is 8.66. The summed E-state index contributed by atoms with van der Waals surface area (Å²) >= 11 is 0. The predicted molar refractivity (Wildman–Crippen MR) is 84.2 cm³/mol. The Morgan fingerprint density at radius 1 is 1.10 bits per heavy atom. The van der Waals surface area contributed by atoms with Crippen molar-refractivity contribution in [2.24, 2.45) is 0 Å². The van der Waals surface area contributed by atoms with Crippen molar-refractivity contribution < 1.29 is 8.42 Å². The van der Waals surface area contributed by atoms with Crippen molar-refractivity contribution in [2.75, 3.05) is 5.75 Å². The smallest absolute Gasteiger partial charge is 0.212 e. The van der Waals surface area contributed by atoms with Gasteiger partial charge in [0.05, 0.1) is 5.75 Å². The van der Waals surface area contributed by atoms with Crippen molar-refractivity contribution >= 4 is 20.8 Å². The standard InChI is InChI=1S/C16H21NO2S/c1-3-4-11-20(18,19)17-13(2)15-10-9-14-7-5-6-8-16(14)12-15/h5-10,12-13,17H,3-4,11H2,1-2H3/t13-/m0/s1. The highest BCUT2D eigenvalue weighted by molar-refractivity contribution is 7.89. The van der Waals surface area contributed by atoms with Crippen LogP contribution in [0.15, 0.2) is 42.5 Å². The fourth-order valence-corrected chi connectivity index (χ4v) is 3.67. The molecule has 20 heavy (non-hydrogen) atoms. The summed E-state index contributed by atoms with van der Waals surface area (Å²) in [5, 5.41) is 2.29. The molecule has 0 aromatic heterocycles. The molecule has 0 fully saturated rings. The van der Waals surface area contributed by atoms with Gasteiger partial charge >= 0.3 is 0 Å². The molecule has 0 spiro atoms. The average Bonchev–Trinajstić information content (AvgIpc) is 2.44. The molecule has 4 heteroatoms. The SMILES string of the molecule is CCCCS(=O)(=O)N[C@@H](C)c1ccc2ccccc2c1. The second kappa shape index (κ2) is 6.37. The Hall–Kier alpha value is -1.39. The Balaban J connectivity index is 2.16. The van der Waals surface area contributed by atoms with Crippen LogP contribution in [0.3, 0.4) is 0 Å². The Morgan fingerprint density at radius 2 is 1.80 bits per heavy atom. The molecule has 1 atom stereocenters. The van der Waals surface area contributed by atoms with Crippen LogP contribution in [0.5, 0.6) is 0 Å². The van der Waals surface area contributed by atoms with E-state index >= 15 is 0 Å². The summed E-state index contributed by atoms with van der Waals surface area (Å²) in [4.78, 5) is 0. The Labute approximate surface area is 121 Å². The van der Waals surface area contributed by atoms with Gasteiger partial charge in [0.25, 0.3) is 0 Å². The zero-order valence-electron chi connectivity index (χ0n) is 12.0. The molecule has 0 bridgehead atoms. The third-order valence-electron chi connectivity index (χ3n) is 3.40. The molecule has 2 aromatic rings. The predicted octanol–water partition coefficient (Wildman–Crippen LogP) is 3.62. The minimum Gasteiger partial charge on any atom is -0.212 e. The Morgan fingerprint density at radius 3 is 2.50 bits per heavy atom. The van der Waals surface area contributed by atoms with Gasteiger partial charge < -0.3 is 0 Å². The minimum atomic E-state index is -3.19. The lowest BCUT2D eigenvalue weighted by Gasteiger charge is -2.15. The summed E-state index contributed by atoms with van der Waals surface area (Å²) < 4.78 is 26.6. The van der Waals surface area contributed by atoms with Gasteiger partial charge in [0.2, 0.25) is 10.0 Å². The molecular formula is C16H21NO2S. The van der Waals surface area contributed by atoms with Gasteiger partial charge in [-0.05, 0) is 35.7 Å². The van der Waals surface area contributed by atoms with Crippen LogP contribution in [0.4, 0.5) is 0 Å². The van der Waals surface area contributed by atoms with Crippen LogP contribution in [-0.2, 0) is 10.0 Å². The van der Waals surface area contributed by atoms with Crippen molar-refractivity contribution in [2.45, 2.75) is 32.7 Å². The van der Waals surface area contributed by atoms with Gasteiger partial charge in [-0.3, -0.25) is 0 Å². The summed E-state index contributed by atoms with van der Waals surface area (Å²) in [7, 11) is -3.19. The number of nitrogens with one attached hydrogen (secondary N) is 1. The maximum absolute atomic E-state index is 11.9. The van der Waals surface area contributed by atoms with Crippen molar-refractivity contribution in [1.82, 2.24) is 4.72 Å². The summed E-state index contributed by atoms with van der Waals surface area (Å²) in [5.74, 6) is 0.196. The first-order valence-electron chi connectivity index (χ1n) is 7.00. The van der Waals surface area contributed by atoms with Crippen LogP contribution in [0, 0.1) is 0 Å². The molecule has 0 radical (unpaired) electrons. The van der Waals surface area contributed by atoms with E-state index in [0.717, 1.165) is 22.8 Å². The normalized spacial score (nSPS) is 13.5. The molecule has 0 saturated heterocycles. The Kier molecular flexibility index (Phi) is 4.78. The number of hydrogen-bond donors (Lipinski definition) is 1. The van der Waals surface area contributed by atoms with E-state index in [1.54, 1.807) is 0 Å². The third-order valence-corrected chi connectivity index (χ3v) is 4.94. The lowest BCUT2D eigenvalue weighted by Crippen LogP contribution is -2.29. The number of benzene rings is 2. The molecule has 0 saturated carbocycles. The molecular weight excluding hydrogens is 270 g/mol. The quantitative estimate of drug-likeness (QED) is 0.883. The second-order valence-electron chi connectivity index (χ2n) is 5.12. The molecule has 0 heterocycles. The molecule has 108 valence electrons.